The van der Waals surface area contributed by atoms with Gasteiger partial charge in [0, 0.05) is 11.9 Å². The highest BCUT2D eigenvalue weighted by Crippen LogP contribution is 2.31. The Balaban J connectivity index is 1.62. The Hall–Kier alpha value is -2.57. The standard InChI is InChI=1S/C20H22ClN3O3/c1-15(25)24-11-9-23(10-12-24)14-20(26)22-18-13-16(21)7-8-19(18)27-17-5-3-2-4-6-17/h2-8,13H,9-12,14H2,1H3,(H,22,26)/p+1. The number of piperazine rings is 1. The highest BCUT2D eigenvalue weighted by atomic mass is 35.5. The zero-order chi connectivity index (χ0) is 19.2. The van der Waals surface area contributed by atoms with Crippen LogP contribution in [-0.2, 0) is 9.59 Å². The van der Waals surface area contributed by atoms with Crippen LogP contribution in [0.3, 0.4) is 0 Å². The summed E-state index contributed by atoms with van der Waals surface area (Å²) in [5, 5.41) is 3.42. The molecule has 0 saturated carbocycles. The quantitative estimate of drug-likeness (QED) is 0.821. The molecular weight excluding hydrogens is 366 g/mol. The average Bonchev–Trinajstić information content (AvgIpc) is 2.65. The molecule has 142 valence electrons. The van der Waals surface area contributed by atoms with Crippen molar-refractivity contribution in [2.24, 2.45) is 0 Å². The molecule has 0 atom stereocenters. The fourth-order valence-electron chi connectivity index (χ4n) is 3.04. The fourth-order valence-corrected chi connectivity index (χ4v) is 3.21. The molecule has 0 aliphatic carbocycles. The van der Waals surface area contributed by atoms with E-state index >= 15 is 0 Å². The molecule has 2 aromatic rings. The number of ether oxygens (including phenoxy) is 1. The van der Waals surface area contributed by atoms with Gasteiger partial charge in [0.25, 0.3) is 5.91 Å². The van der Waals surface area contributed by atoms with Crippen LogP contribution in [0.25, 0.3) is 0 Å². The van der Waals surface area contributed by atoms with E-state index in [1.165, 1.54) is 0 Å². The number of anilines is 1. The van der Waals surface area contributed by atoms with Crippen LogP contribution in [0.5, 0.6) is 11.5 Å². The van der Waals surface area contributed by atoms with Gasteiger partial charge < -0.3 is 19.9 Å². The summed E-state index contributed by atoms with van der Waals surface area (Å²) >= 11 is 6.09. The smallest absolute Gasteiger partial charge is 0.279 e. The summed E-state index contributed by atoms with van der Waals surface area (Å²) in [7, 11) is 0. The number of rotatable bonds is 5. The second-order valence-corrected chi connectivity index (χ2v) is 6.97. The van der Waals surface area contributed by atoms with Crippen molar-refractivity contribution < 1.29 is 19.2 Å². The predicted molar refractivity (Wildman–Crippen MR) is 104 cm³/mol. The number of hydrogen-bond donors (Lipinski definition) is 2. The molecule has 1 aliphatic rings. The first-order chi connectivity index (χ1) is 13.0. The highest BCUT2D eigenvalue weighted by molar-refractivity contribution is 6.31. The number of para-hydroxylation sites is 1. The van der Waals surface area contributed by atoms with Gasteiger partial charge in [-0.1, -0.05) is 29.8 Å². The summed E-state index contributed by atoms with van der Waals surface area (Å²) in [6.07, 6.45) is 0. The van der Waals surface area contributed by atoms with Gasteiger partial charge in [-0.15, -0.1) is 0 Å². The van der Waals surface area contributed by atoms with Crippen LogP contribution in [0.1, 0.15) is 6.92 Å². The summed E-state index contributed by atoms with van der Waals surface area (Å²) < 4.78 is 5.87. The molecule has 0 unspecified atom stereocenters. The summed E-state index contributed by atoms with van der Waals surface area (Å²) in [6.45, 7) is 4.79. The number of hydrogen-bond acceptors (Lipinski definition) is 3. The summed E-state index contributed by atoms with van der Waals surface area (Å²) in [5.74, 6) is 1.19. The lowest BCUT2D eigenvalue weighted by molar-refractivity contribution is -0.895. The molecule has 0 radical (unpaired) electrons. The van der Waals surface area contributed by atoms with Crippen LogP contribution < -0.4 is 15.0 Å². The van der Waals surface area contributed by atoms with Crippen LogP contribution >= 0.6 is 11.6 Å². The van der Waals surface area contributed by atoms with Gasteiger partial charge in [-0.25, -0.2) is 0 Å². The molecule has 1 saturated heterocycles. The highest BCUT2D eigenvalue weighted by Gasteiger charge is 2.23. The van der Waals surface area contributed by atoms with Crippen molar-refractivity contribution in [3.8, 4) is 11.5 Å². The second kappa shape index (κ2) is 8.88. The topological polar surface area (TPSA) is 63.1 Å². The SMILES string of the molecule is CC(=O)N1CC[NH+](CC(=O)Nc2cc(Cl)ccc2Oc2ccccc2)CC1. The van der Waals surface area contributed by atoms with Gasteiger partial charge in [0.2, 0.25) is 5.91 Å². The minimum absolute atomic E-state index is 0.0835. The molecule has 6 nitrogen and oxygen atoms in total. The lowest BCUT2D eigenvalue weighted by Crippen LogP contribution is -3.15. The van der Waals surface area contributed by atoms with E-state index in [-0.39, 0.29) is 11.8 Å². The average molecular weight is 389 g/mol. The number of amides is 2. The van der Waals surface area contributed by atoms with Crippen LogP contribution in [-0.4, -0.2) is 49.4 Å². The minimum atomic E-state index is -0.110. The minimum Gasteiger partial charge on any atom is -0.455 e. The van der Waals surface area contributed by atoms with E-state index in [1.807, 2.05) is 35.2 Å². The van der Waals surface area contributed by atoms with Crippen LogP contribution in [0.15, 0.2) is 48.5 Å². The first kappa shape index (κ1) is 19.2. The Labute approximate surface area is 163 Å². The predicted octanol–water partition coefficient (Wildman–Crippen LogP) is 1.82. The Morgan fingerprint density at radius 3 is 2.52 bits per heavy atom. The Kier molecular flexibility index (Phi) is 6.32. The van der Waals surface area contributed by atoms with E-state index in [2.05, 4.69) is 5.32 Å². The Morgan fingerprint density at radius 2 is 1.85 bits per heavy atom. The van der Waals surface area contributed by atoms with Crippen molar-refractivity contribution in [2.75, 3.05) is 38.0 Å². The summed E-state index contributed by atoms with van der Waals surface area (Å²) in [5.41, 5.74) is 0.540. The number of carbonyl (C=O) groups excluding carboxylic acids is 2. The number of carbonyl (C=O) groups is 2. The first-order valence-corrected chi connectivity index (χ1v) is 9.30. The van der Waals surface area contributed by atoms with E-state index in [4.69, 9.17) is 16.3 Å². The van der Waals surface area contributed by atoms with Crippen molar-refractivity contribution in [1.82, 2.24) is 4.90 Å². The maximum atomic E-state index is 12.5. The monoisotopic (exact) mass is 388 g/mol. The lowest BCUT2D eigenvalue weighted by atomic mass is 10.2. The number of nitrogens with one attached hydrogen (secondary N) is 2. The van der Waals surface area contributed by atoms with E-state index in [0.717, 1.165) is 18.0 Å². The van der Waals surface area contributed by atoms with Gasteiger partial charge in [-0.05, 0) is 30.3 Å². The third-order valence-electron chi connectivity index (χ3n) is 4.51. The zero-order valence-electron chi connectivity index (χ0n) is 15.2. The molecule has 2 aromatic carbocycles. The van der Waals surface area contributed by atoms with Gasteiger partial charge in [-0.3, -0.25) is 9.59 Å². The van der Waals surface area contributed by atoms with Crippen molar-refractivity contribution in [1.29, 1.82) is 0 Å². The van der Waals surface area contributed by atoms with Crippen molar-refractivity contribution >= 4 is 29.1 Å². The van der Waals surface area contributed by atoms with Crippen LogP contribution in [0.4, 0.5) is 5.69 Å². The van der Waals surface area contributed by atoms with Crippen molar-refractivity contribution in [2.45, 2.75) is 6.92 Å². The third kappa shape index (κ3) is 5.45. The normalized spacial score (nSPS) is 14.7. The third-order valence-corrected chi connectivity index (χ3v) is 4.75. The fraction of sp³-hybridized carbons (Fsp3) is 0.300. The van der Waals surface area contributed by atoms with E-state index in [9.17, 15) is 9.59 Å². The van der Waals surface area contributed by atoms with E-state index in [1.54, 1.807) is 25.1 Å². The van der Waals surface area contributed by atoms with Crippen LogP contribution in [0, 0.1) is 0 Å². The van der Waals surface area contributed by atoms with E-state index < -0.39 is 0 Å². The molecule has 1 fully saturated rings. The molecule has 7 heteroatoms. The van der Waals surface area contributed by atoms with Gasteiger partial charge >= 0.3 is 0 Å². The van der Waals surface area contributed by atoms with Gasteiger partial charge in [-0.2, -0.15) is 0 Å². The van der Waals surface area contributed by atoms with Crippen molar-refractivity contribution in [3.63, 3.8) is 0 Å². The largest absolute Gasteiger partial charge is 0.455 e. The maximum Gasteiger partial charge on any atom is 0.279 e. The maximum absolute atomic E-state index is 12.5. The van der Waals surface area contributed by atoms with Gasteiger partial charge in [0.05, 0.1) is 31.9 Å². The molecule has 2 N–H and O–H groups in total. The lowest BCUT2D eigenvalue weighted by Gasteiger charge is -2.31. The molecular formula is C20H23ClN3O3+. The first-order valence-electron chi connectivity index (χ1n) is 8.92. The zero-order valence-corrected chi connectivity index (χ0v) is 16.0. The molecule has 1 aliphatic heterocycles. The molecule has 27 heavy (non-hydrogen) atoms. The number of nitrogens with zero attached hydrogens (tertiary/aromatic N) is 1. The van der Waals surface area contributed by atoms with Crippen molar-refractivity contribution in [3.05, 3.63) is 53.6 Å². The van der Waals surface area contributed by atoms with E-state index in [0.29, 0.717) is 41.8 Å². The summed E-state index contributed by atoms with van der Waals surface area (Å²) in [6, 6.07) is 14.5. The second-order valence-electron chi connectivity index (χ2n) is 6.54. The Bertz CT molecular complexity index is 805. The number of halogens is 1. The summed E-state index contributed by atoms with van der Waals surface area (Å²) in [4.78, 5) is 26.9. The molecule has 1 heterocycles. The van der Waals surface area contributed by atoms with Crippen LogP contribution in [0.2, 0.25) is 5.02 Å². The Morgan fingerprint density at radius 1 is 1.15 bits per heavy atom. The molecule has 0 bridgehead atoms. The number of quaternary nitrogens is 1. The molecule has 3 rings (SSSR count). The van der Waals surface area contributed by atoms with Gasteiger partial charge in [0.1, 0.15) is 5.75 Å². The molecule has 0 spiro atoms. The molecule has 0 aromatic heterocycles. The van der Waals surface area contributed by atoms with Gasteiger partial charge in [0.15, 0.2) is 12.3 Å². The number of benzene rings is 2. The molecule has 2 amide bonds.